The maximum atomic E-state index is 12.7. The molecule has 0 radical (unpaired) electrons. The van der Waals surface area contributed by atoms with Crippen molar-refractivity contribution in [1.29, 1.82) is 0 Å². The molecule has 0 saturated carbocycles. The summed E-state index contributed by atoms with van der Waals surface area (Å²) in [4.78, 5) is 23.3. The van der Waals surface area contributed by atoms with E-state index < -0.39 is 0 Å². The van der Waals surface area contributed by atoms with Gasteiger partial charge < -0.3 is 4.90 Å². The summed E-state index contributed by atoms with van der Waals surface area (Å²) in [6.07, 6.45) is 2.21. The second-order valence-electron chi connectivity index (χ2n) is 6.04. The number of benzene rings is 1. The first kappa shape index (κ1) is 17.4. The molecule has 1 amide bonds. The normalized spacial score (nSPS) is 11.1. The molecule has 0 N–H and O–H groups in total. The Kier molecular flexibility index (Phi) is 4.76. The van der Waals surface area contributed by atoms with Crippen LogP contribution in [0, 0.1) is 20.8 Å². The molecular weight excluding hydrogens is 334 g/mol. The smallest absolute Gasteiger partial charge is 0.253 e. The summed E-state index contributed by atoms with van der Waals surface area (Å²) in [5, 5.41) is 5.11. The van der Waals surface area contributed by atoms with Crippen LogP contribution >= 0.6 is 11.8 Å². The van der Waals surface area contributed by atoms with E-state index in [1.54, 1.807) is 16.5 Å². The maximum Gasteiger partial charge on any atom is 0.253 e. The van der Waals surface area contributed by atoms with Gasteiger partial charge in [0, 0.05) is 29.7 Å². The summed E-state index contributed by atoms with van der Waals surface area (Å²) >= 11 is 1.47. The van der Waals surface area contributed by atoms with Crippen molar-refractivity contribution in [2.24, 2.45) is 0 Å². The number of aromatic nitrogens is 4. The topological polar surface area (TPSA) is 63.4 Å². The predicted octanol–water partition coefficient (Wildman–Crippen LogP) is 2.98. The zero-order chi connectivity index (χ0) is 18.1. The molecule has 0 aliphatic carbocycles. The number of aryl methyl sites for hydroxylation is 3. The minimum atomic E-state index is 0.0152. The van der Waals surface area contributed by atoms with Gasteiger partial charge in [-0.05, 0) is 39.2 Å². The molecular formula is C18H21N5OS. The van der Waals surface area contributed by atoms with E-state index in [0.29, 0.717) is 10.9 Å². The van der Waals surface area contributed by atoms with Gasteiger partial charge in [0.2, 0.25) is 11.1 Å². The van der Waals surface area contributed by atoms with E-state index in [1.807, 2.05) is 51.3 Å². The summed E-state index contributed by atoms with van der Waals surface area (Å²) in [6.45, 7) is 5.89. The van der Waals surface area contributed by atoms with Crippen molar-refractivity contribution in [2.45, 2.75) is 32.3 Å². The Bertz CT molecular complexity index is 933. The van der Waals surface area contributed by atoms with Crippen molar-refractivity contribution in [3.05, 3.63) is 46.8 Å². The zero-order valence-electron chi connectivity index (χ0n) is 15.1. The van der Waals surface area contributed by atoms with Gasteiger partial charge in [0.1, 0.15) is 0 Å². The Labute approximate surface area is 151 Å². The molecule has 0 aliphatic rings. The maximum absolute atomic E-state index is 12.7. The van der Waals surface area contributed by atoms with Crippen molar-refractivity contribution in [2.75, 3.05) is 18.2 Å². The second kappa shape index (κ2) is 6.84. The van der Waals surface area contributed by atoms with Crippen molar-refractivity contribution in [3.8, 4) is 0 Å². The monoisotopic (exact) mass is 355 g/mol. The van der Waals surface area contributed by atoms with E-state index in [9.17, 15) is 4.79 Å². The number of amides is 1. The van der Waals surface area contributed by atoms with Gasteiger partial charge in [0.15, 0.2) is 0 Å². The van der Waals surface area contributed by atoms with Crippen LogP contribution in [0.3, 0.4) is 0 Å². The molecule has 7 heteroatoms. The molecule has 2 heterocycles. The first-order valence-electron chi connectivity index (χ1n) is 8.00. The van der Waals surface area contributed by atoms with Crippen LogP contribution in [0.25, 0.3) is 5.78 Å². The summed E-state index contributed by atoms with van der Waals surface area (Å²) in [5.41, 5.74) is 4.66. The van der Waals surface area contributed by atoms with Crippen LogP contribution < -0.4 is 4.90 Å². The van der Waals surface area contributed by atoms with Crippen LogP contribution in [0.2, 0.25) is 0 Å². The molecule has 3 rings (SSSR count). The molecule has 0 atom stereocenters. The van der Waals surface area contributed by atoms with Gasteiger partial charge in [-0.15, -0.1) is 5.10 Å². The molecule has 0 spiro atoms. The number of thioether (sulfide) groups is 1. The van der Waals surface area contributed by atoms with Crippen LogP contribution in [-0.4, -0.2) is 38.8 Å². The Morgan fingerprint density at radius 1 is 1.16 bits per heavy atom. The van der Waals surface area contributed by atoms with Gasteiger partial charge >= 0.3 is 0 Å². The molecule has 25 heavy (non-hydrogen) atoms. The summed E-state index contributed by atoms with van der Waals surface area (Å²) < 4.78 is 1.72. The average molecular weight is 355 g/mol. The molecule has 0 aliphatic heterocycles. The minimum Gasteiger partial charge on any atom is -0.315 e. The Morgan fingerprint density at radius 2 is 1.84 bits per heavy atom. The lowest BCUT2D eigenvalue weighted by atomic mass is 10.1. The quantitative estimate of drug-likeness (QED) is 0.673. The van der Waals surface area contributed by atoms with E-state index in [0.717, 1.165) is 22.6 Å². The number of fused-ring (bicyclic) bond motifs is 1. The SMILES string of the molecule is CSc1nc2nc(C)c(CC(=O)N(C)c3ccc(C)cc3)c(C)n2n1. The van der Waals surface area contributed by atoms with Gasteiger partial charge in [-0.2, -0.15) is 4.98 Å². The molecule has 2 aromatic heterocycles. The second-order valence-corrected chi connectivity index (χ2v) is 6.81. The van der Waals surface area contributed by atoms with E-state index >= 15 is 0 Å². The van der Waals surface area contributed by atoms with Crippen molar-refractivity contribution >= 4 is 29.1 Å². The van der Waals surface area contributed by atoms with Crippen LogP contribution in [-0.2, 0) is 11.2 Å². The number of rotatable bonds is 4. The van der Waals surface area contributed by atoms with Crippen molar-refractivity contribution in [3.63, 3.8) is 0 Å². The Morgan fingerprint density at radius 3 is 2.48 bits per heavy atom. The Balaban J connectivity index is 1.91. The van der Waals surface area contributed by atoms with Gasteiger partial charge in [-0.25, -0.2) is 9.50 Å². The van der Waals surface area contributed by atoms with Crippen LogP contribution in [0.1, 0.15) is 22.5 Å². The lowest BCUT2D eigenvalue weighted by molar-refractivity contribution is -0.117. The summed E-state index contributed by atoms with van der Waals surface area (Å²) in [6, 6.07) is 7.91. The standard InChI is InChI=1S/C18H21N5OS/c1-11-6-8-14(9-7-11)22(4)16(24)10-15-12(2)19-17-20-18(25-5)21-23(17)13(15)3/h6-9H,10H2,1-5H3. The van der Waals surface area contributed by atoms with E-state index in [-0.39, 0.29) is 12.3 Å². The first-order valence-corrected chi connectivity index (χ1v) is 9.23. The number of carbonyl (C=O) groups excluding carboxylic acids is 1. The van der Waals surface area contributed by atoms with E-state index in [4.69, 9.17) is 0 Å². The van der Waals surface area contributed by atoms with Crippen molar-refractivity contribution in [1.82, 2.24) is 19.6 Å². The molecule has 0 unspecified atom stereocenters. The third kappa shape index (κ3) is 3.37. The number of anilines is 1. The van der Waals surface area contributed by atoms with Crippen LogP contribution in [0.5, 0.6) is 0 Å². The molecule has 1 aromatic carbocycles. The lowest BCUT2D eigenvalue weighted by Crippen LogP contribution is -2.28. The first-order chi connectivity index (χ1) is 11.9. The van der Waals surface area contributed by atoms with Crippen LogP contribution in [0.15, 0.2) is 29.4 Å². The number of nitrogens with zero attached hydrogens (tertiary/aromatic N) is 5. The number of hydrogen-bond donors (Lipinski definition) is 0. The highest BCUT2D eigenvalue weighted by atomic mass is 32.2. The molecule has 6 nitrogen and oxygen atoms in total. The predicted molar refractivity (Wildman–Crippen MR) is 100 cm³/mol. The summed E-state index contributed by atoms with van der Waals surface area (Å²) in [5.74, 6) is 0.587. The van der Waals surface area contributed by atoms with Gasteiger partial charge in [0.25, 0.3) is 5.78 Å². The fraction of sp³-hybridized carbons (Fsp3) is 0.333. The third-order valence-corrected chi connectivity index (χ3v) is 4.87. The fourth-order valence-electron chi connectivity index (χ4n) is 2.71. The fourth-order valence-corrected chi connectivity index (χ4v) is 3.05. The number of carbonyl (C=O) groups is 1. The van der Waals surface area contributed by atoms with E-state index in [1.165, 1.54) is 17.3 Å². The highest BCUT2D eigenvalue weighted by molar-refractivity contribution is 7.98. The highest BCUT2D eigenvalue weighted by Crippen LogP contribution is 2.19. The molecule has 0 saturated heterocycles. The van der Waals surface area contributed by atoms with E-state index in [2.05, 4.69) is 15.1 Å². The van der Waals surface area contributed by atoms with Gasteiger partial charge in [-0.1, -0.05) is 29.5 Å². The average Bonchev–Trinajstić information content (AvgIpc) is 3.01. The molecule has 0 bridgehead atoms. The van der Waals surface area contributed by atoms with Gasteiger partial charge in [0.05, 0.1) is 6.42 Å². The minimum absolute atomic E-state index is 0.0152. The lowest BCUT2D eigenvalue weighted by Gasteiger charge is -2.19. The Hall–Kier alpha value is -2.41. The van der Waals surface area contributed by atoms with Crippen LogP contribution in [0.4, 0.5) is 5.69 Å². The number of likely N-dealkylation sites (N-methyl/N-ethyl adjacent to an activating group) is 1. The summed E-state index contributed by atoms with van der Waals surface area (Å²) in [7, 11) is 1.80. The molecule has 130 valence electrons. The highest BCUT2D eigenvalue weighted by Gasteiger charge is 2.18. The number of hydrogen-bond acceptors (Lipinski definition) is 5. The third-order valence-electron chi connectivity index (χ3n) is 4.34. The molecule has 3 aromatic rings. The van der Waals surface area contributed by atoms with Gasteiger partial charge in [-0.3, -0.25) is 4.79 Å². The van der Waals surface area contributed by atoms with Crippen molar-refractivity contribution < 1.29 is 4.79 Å². The largest absolute Gasteiger partial charge is 0.315 e. The zero-order valence-corrected chi connectivity index (χ0v) is 15.9. The molecule has 0 fully saturated rings.